The Bertz CT molecular complexity index is 222. The van der Waals surface area contributed by atoms with E-state index in [0.717, 1.165) is 32.5 Å². The standard InChI is InChI=1S/C12H22N2O/c1-10-5-6-11(8-13-10)9-14-7-3-2-4-12(14)15/h10-11,13H,2-9H2,1H3. The molecule has 1 amide bonds. The SMILES string of the molecule is CC1CCC(CN2CCCCC2=O)CN1. The van der Waals surface area contributed by atoms with Gasteiger partial charge in [-0.05, 0) is 45.1 Å². The van der Waals surface area contributed by atoms with Gasteiger partial charge in [-0.1, -0.05) is 0 Å². The van der Waals surface area contributed by atoms with Crippen molar-refractivity contribution in [1.82, 2.24) is 10.2 Å². The molecule has 2 saturated heterocycles. The van der Waals surface area contributed by atoms with E-state index in [0.29, 0.717) is 17.9 Å². The fraction of sp³-hybridized carbons (Fsp3) is 0.917. The van der Waals surface area contributed by atoms with Gasteiger partial charge in [-0.2, -0.15) is 0 Å². The van der Waals surface area contributed by atoms with Crippen LogP contribution in [0.15, 0.2) is 0 Å². The molecule has 0 bridgehead atoms. The monoisotopic (exact) mass is 210 g/mol. The zero-order valence-corrected chi connectivity index (χ0v) is 9.67. The van der Waals surface area contributed by atoms with E-state index < -0.39 is 0 Å². The lowest BCUT2D eigenvalue weighted by Crippen LogP contribution is -2.45. The number of rotatable bonds is 2. The summed E-state index contributed by atoms with van der Waals surface area (Å²) in [5, 5.41) is 3.50. The Hall–Kier alpha value is -0.570. The third-order valence-corrected chi connectivity index (χ3v) is 3.66. The van der Waals surface area contributed by atoms with Gasteiger partial charge in [-0.25, -0.2) is 0 Å². The van der Waals surface area contributed by atoms with E-state index in [1.165, 1.54) is 19.3 Å². The van der Waals surface area contributed by atoms with Gasteiger partial charge in [0.05, 0.1) is 0 Å². The van der Waals surface area contributed by atoms with Gasteiger partial charge in [0.25, 0.3) is 0 Å². The van der Waals surface area contributed by atoms with Crippen molar-refractivity contribution in [2.75, 3.05) is 19.6 Å². The van der Waals surface area contributed by atoms with Crippen LogP contribution in [0.5, 0.6) is 0 Å². The van der Waals surface area contributed by atoms with Crippen LogP contribution in [-0.2, 0) is 4.79 Å². The van der Waals surface area contributed by atoms with Gasteiger partial charge in [0.2, 0.25) is 5.91 Å². The summed E-state index contributed by atoms with van der Waals surface area (Å²) in [7, 11) is 0. The van der Waals surface area contributed by atoms with Crippen LogP contribution in [0.1, 0.15) is 39.0 Å². The van der Waals surface area contributed by atoms with Crippen molar-refractivity contribution in [3.63, 3.8) is 0 Å². The van der Waals surface area contributed by atoms with Gasteiger partial charge in [-0.15, -0.1) is 0 Å². The molecular weight excluding hydrogens is 188 g/mol. The minimum Gasteiger partial charge on any atom is -0.342 e. The molecule has 86 valence electrons. The van der Waals surface area contributed by atoms with Crippen molar-refractivity contribution in [1.29, 1.82) is 0 Å². The summed E-state index contributed by atoms with van der Waals surface area (Å²) >= 11 is 0. The fourth-order valence-corrected chi connectivity index (χ4v) is 2.58. The maximum atomic E-state index is 11.6. The number of carbonyl (C=O) groups excluding carboxylic acids is 1. The fourth-order valence-electron chi connectivity index (χ4n) is 2.58. The maximum absolute atomic E-state index is 11.6. The topological polar surface area (TPSA) is 32.3 Å². The second-order valence-corrected chi connectivity index (χ2v) is 5.05. The summed E-state index contributed by atoms with van der Waals surface area (Å²) in [6, 6.07) is 0.665. The van der Waals surface area contributed by atoms with Crippen molar-refractivity contribution in [2.24, 2.45) is 5.92 Å². The summed E-state index contributed by atoms with van der Waals surface area (Å²) in [4.78, 5) is 13.7. The number of hydrogen-bond acceptors (Lipinski definition) is 2. The molecule has 0 aromatic rings. The molecule has 3 nitrogen and oxygen atoms in total. The van der Waals surface area contributed by atoms with Crippen LogP contribution in [0, 0.1) is 5.92 Å². The van der Waals surface area contributed by atoms with Gasteiger partial charge >= 0.3 is 0 Å². The molecule has 3 heteroatoms. The maximum Gasteiger partial charge on any atom is 0.222 e. The summed E-state index contributed by atoms with van der Waals surface area (Å²) in [5.74, 6) is 1.06. The smallest absolute Gasteiger partial charge is 0.222 e. The third kappa shape index (κ3) is 2.94. The normalized spacial score (nSPS) is 33.1. The van der Waals surface area contributed by atoms with E-state index in [2.05, 4.69) is 17.1 Å². The molecule has 2 fully saturated rings. The van der Waals surface area contributed by atoms with Crippen LogP contribution >= 0.6 is 0 Å². The number of amides is 1. The number of nitrogens with one attached hydrogen (secondary N) is 1. The molecule has 2 aliphatic rings. The molecule has 0 aromatic carbocycles. The Labute approximate surface area is 92.2 Å². The molecule has 0 saturated carbocycles. The number of hydrogen-bond donors (Lipinski definition) is 1. The van der Waals surface area contributed by atoms with E-state index in [4.69, 9.17) is 0 Å². The van der Waals surface area contributed by atoms with Crippen LogP contribution in [-0.4, -0.2) is 36.5 Å². The lowest BCUT2D eigenvalue weighted by atomic mass is 9.94. The van der Waals surface area contributed by atoms with E-state index in [9.17, 15) is 4.79 Å². The van der Waals surface area contributed by atoms with E-state index in [1.807, 2.05) is 0 Å². The van der Waals surface area contributed by atoms with Crippen LogP contribution < -0.4 is 5.32 Å². The first-order chi connectivity index (χ1) is 7.25. The van der Waals surface area contributed by atoms with Crippen molar-refractivity contribution in [3.05, 3.63) is 0 Å². The van der Waals surface area contributed by atoms with E-state index >= 15 is 0 Å². The first-order valence-electron chi connectivity index (χ1n) is 6.27. The van der Waals surface area contributed by atoms with Gasteiger partial charge in [-0.3, -0.25) is 4.79 Å². The minimum atomic E-state index is 0.375. The van der Waals surface area contributed by atoms with E-state index in [-0.39, 0.29) is 0 Å². The summed E-state index contributed by atoms with van der Waals surface area (Å²) < 4.78 is 0. The highest BCUT2D eigenvalue weighted by Gasteiger charge is 2.24. The minimum absolute atomic E-state index is 0.375. The molecule has 2 atom stereocenters. The molecule has 0 spiro atoms. The predicted molar refractivity (Wildman–Crippen MR) is 60.6 cm³/mol. The largest absolute Gasteiger partial charge is 0.342 e. The number of piperidine rings is 2. The Balaban J connectivity index is 1.78. The van der Waals surface area contributed by atoms with Crippen LogP contribution in [0.3, 0.4) is 0 Å². The average molecular weight is 210 g/mol. The van der Waals surface area contributed by atoms with Crippen LogP contribution in [0.2, 0.25) is 0 Å². The molecule has 2 unspecified atom stereocenters. The third-order valence-electron chi connectivity index (χ3n) is 3.66. The van der Waals surface area contributed by atoms with Crippen molar-refractivity contribution in [2.45, 2.75) is 45.1 Å². The average Bonchev–Trinajstić information content (AvgIpc) is 2.25. The van der Waals surface area contributed by atoms with Gasteiger partial charge in [0.15, 0.2) is 0 Å². The number of nitrogens with zero attached hydrogens (tertiary/aromatic N) is 1. The Morgan fingerprint density at radius 2 is 2.27 bits per heavy atom. The highest BCUT2D eigenvalue weighted by atomic mass is 16.2. The summed E-state index contributed by atoms with van der Waals surface area (Å²) in [6.45, 7) is 5.30. The van der Waals surface area contributed by atoms with Gasteiger partial charge in [0.1, 0.15) is 0 Å². The second-order valence-electron chi connectivity index (χ2n) is 5.05. The number of likely N-dealkylation sites (tertiary alicyclic amines) is 1. The van der Waals surface area contributed by atoms with E-state index in [1.54, 1.807) is 0 Å². The first kappa shape index (κ1) is 10.9. The summed E-state index contributed by atoms with van der Waals surface area (Å²) in [5.41, 5.74) is 0. The summed E-state index contributed by atoms with van der Waals surface area (Å²) in [6.07, 6.45) is 5.60. The molecule has 2 heterocycles. The lowest BCUT2D eigenvalue weighted by Gasteiger charge is -2.34. The zero-order chi connectivity index (χ0) is 10.7. The molecule has 1 N–H and O–H groups in total. The van der Waals surface area contributed by atoms with Gasteiger partial charge in [0, 0.05) is 25.6 Å². The first-order valence-corrected chi connectivity index (χ1v) is 6.27. The van der Waals surface area contributed by atoms with Crippen molar-refractivity contribution in [3.8, 4) is 0 Å². The van der Waals surface area contributed by atoms with Crippen LogP contribution in [0.25, 0.3) is 0 Å². The Morgan fingerprint density at radius 1 is 1.40 bits per heavy atom. The molecule has 15 heavy (non-hydrogen) atoms. The molecule has 0 radical (unpaired) electrons. The van der Waals surface area contributed by atoms with Gasteiger partial charge < -0.3 is 10.2 Å². The van der Waals surface area contributed by atoms with Crippen LogP contribution in [0.4, 0.5) is 0 Å². The quantitative estimate of drug-likeness (QED) is 0.747. The number of carbonyl (C=O) groups is 1. The molecule has 0 aliphatic carbocycles. The second kappa shape index (κ2) is 4.97. The lowest BCUT2D eigenvalue weighted by molar-refractivity contribution is -0.134. The Kier molecular flexibility index (Phi) is 3.62. The Morgan fingerprint density at radius 3 is 2.93 bits per heavy atom. The molecular formula is C12H22N2O. The van der Waals surface area contributed by atoms with Crippen molar-refractivity contribution < 1.29 is 4.79 Å². The molecule has 2 aliphatic heterocycles. The highest BCUT2D eigenvalue weighted by molar-refractivity contribution is 5.76. The zero-order valence-electron chi connectivity index (χ0n) is 9.67. The highest BCUT2D eigenvalue weighted by Crippen LogP contribution is 2.18. The molecule has 2 rings (SSSR count). The van der Waals surface area contributed by atoms with Crippen molar-refractivity contribution >= 4 is 5.91 Å². The predicted octanol–water partition coefficient (Wildman–Crippen LogP) is 1.39. The molecule has 0 aromatic heterocycles.